The number of nitrogens with two attached hydrogens (primary N) is 1. The van der Waals surface area contributed by atoms with Crippen molar-refractivity contribution in [1.82, 2.24) is 10.2 Å². The van der Waals surface area contributed by atoms with Gasteiger partial charge in [-0.1, -0.05) is 13.8 Å². The maximum absolute atomic E-state index is 11.9. The number of terminal acetylenes is 1. The second-order valence-electron chi connectivity index (χ2n) is 4.94. The highest BCUT2D eigenvalue weighted by Gasteiger charge is 2.25. The van der Waals surface area contributed by atoms with Crippen molar-refractivity contribution < 1.29 is 9.59 Å². The van der Waals surface area contributed by atoms with Gasteiger partial charge in [0.1, 0.15) is 6.04 Å². The molecule has 0 bridgehead atoms. The summed E-state index contributed by atoms with van der Waals surface area (Å²) in [6, 6.07) is -1.31. The zero-order valence-corrected chi connectivity index (χ0v) is 11.6. The summed E-state index contributed by atoms with van der Waals surface area (Å²) in [4.78, 5) is 25.1. The van der Waals surface area contributed by atoms with Crippen LogP contribution in [0.5, 0.6) is 0 Å². The normalized spacial score (nSPS) is 13.6. The fourth-order valence-corrected chi connectivity index (χ4v) is 1.50. The first kappa shape index (κ1) is 16.5. The predicted molar refractivity (Wildman–Crippen MR) is 71.5 cm³/mol. The number of nitrogens with one attached hydrogen (secondary N) is 1. The van der Waals surface area contributed by atoms with Gasteiger partial charge in [-0.05, 0) is 12.3 Å². The first-order valence-corrected chi connectivity index (χ1v) is 6.00. The zero-order chi connectivity index (χ0) is 14.3. The van der Waals surface area contributed by atoms with Crippen LogP contribution in [0.1, 0.15) is 26.7 Å². The van der Waals surface area contributed by atoms with Crippen LogP contribution in [-0.4, -0.2) is 42.9 Å². The molecule has 0 aromatic rings. The highest BCUT2D eigenvalue weighted by atomic mass is 16.2. The minimum absolute atomic E-state index is 0.134. The summed E-state index contributed by atoms with van der Waals surface area (Å²) >= 11 is 0. The summed E-state index contributed by atoms with van der Waals surface area (Å²) < 4.78 is 0. The molecule has 0 fully saturated rings. The Kier molecular flexibility index (Phi) is 7.06. The number of likely N-dealkylation sites (N-methyl/N-ethyl adjacent to an activating group) is 1. The van der Waals surface area contributed by atoms with Gasteiger partial charge in [0, 0.05) is 20.5 Å². The second kappa shape index (κ2) is 7.72. The van der Waals surface area contributed by atoms with Gasteiger partial charge in [0.25, 0.3) is 0 Å². The van der Waals surface area contributed by atoms with Gasteiger partial charge in [0.2, 0.25) is 11.8 Å². The largest absolute Gasteiger partial charge is 0.347 e. The Morgan fingerprint density at radius 2 is 1.94 bits per heavy atom. The van der Waals surface area contributed by atoms with E-state index in [0.717, 1.165) is 0 Å². The summed E-state index contributed by atoms with van der Waals surface area (Å²) in [6.45, 7) is 3.98. The number of amides is 2. The molecular formula is C13H23N3O2. The van der Waals surface area contributed by atoms with E-state index in [0.29, 0.717) is 12.3 Å². The number of hydrogen-bond acceptors (Lipinski definition) is 3. The quantitative estimate of drug-likeness (QED) is 0.652. The molecule has 0 rings (SSSR count). The molecule has 2 amide bonds. The Morgan fingerprint density at radius 3 is 2.33 bits per heavy atom. The summed E-state index contributed by atoms with van der Waals surface area (Å²) in [5.41, 5.74) is 5.60. The SMILES string of the molecule is C#CCC(N)C(=O)NC(CC(C)C)C(=O)N(C)C. The van der Waals surface area contributed by atoms with E-state index in [1.807, 2.05) is 13.8 Å². The monoisotopic (exact) mass is 253 g/mol. The predicted octanol–water partition coefficient (Wildman–Crippen LogP) is -0.0439. The van der Waals surface area contributed by atoms with E-state index in [9.17, 15) is 9.59 Å². The molecule has 0 aromatic carbocycles. The lowest BCUT2D eigenvalue weighted by Gasteiger charge is -2.24. The Balaban J connectivity index is 4.65. The van der Waals surface area contributed by atoms with E-state index >= 15 is 0 Å². The maximum Gasteiger partial charge on any atom is 0.244 e. The van der Waals surface area contributed by atoms with Gasteiger partial charge in [0.05, 0.1) is 6.04 Å². The molecule has 0 saturated heterocycles. The lowest BCUT2D eigenvalue weighted by atomic mass is 10.0. The Hall–Kier alpha value is -1.54. The van der Waals surface area contributed by atoms with Gasteiger partial charge in [-0.15, -0.1) is 12.3 Å². The molecule has 0 aromatic heterocycles. The molecule has 5 heteroatoms. The van der Waals surface area contributed by atoms with Crippen molar-refractivity contribution >= 4 is 11.8 Å². The highest BCUT2D eigenvalue weighted by molar-refractivity contribution is 5.89. The molecule has 0 aliphatic rings. The van der Waals surface area contributed by atoms with Crippen LogP contribution >= 0.6 is 0 Å². The van der Waals surface area contributed by atoms with Crippen molar-refractivity contribution in [3.63, 3.8) is 0 Å². The van der Waals surface area contributed by atoms with E-state index in [4.69, 9.17) is 12.2 Å². The van der Waals surface area contributed by atoms with Crippen LogP contribution in [0.3, 0.4) is 0 Å². The molecule has 5 nitrogen and oxygen atoms in total. The van der Waals surface area contributed by atoms with Gasteiger partial charge in [-0.3, -0.25) is 9.59 Å². The molecule has 0 aliphatic carbocycles. The maximum atomic E-state index is 11.9. The third-order valence-corrected chi connectivity index (χ3v) is 2.44. The van der Waals surface area contributed by atoms with Gasteiger partial charge in [-0.2, -0.15) is 0 Å². The van der Waals surface area contributed by atoms with Crippen molar-refractivity contribution in [2.45, 2.75) is 38.8 Å². The van der Waals surface area contributed by atoms with Crippen LogP contribution < -0.4 is 11.1 Å². The Morgan fingerprint density at radius 1 is 1.39 bits per heavy atom. The lowest BCUT2D eigenvalue weighted by Crippen LogP contribution is -2.51. The lowest BCUT2D eigenvalue weighted by molar-refractivity contribution is -0.135. The first-order chi connectivity index (χ1) is 8.29. The second-order valence-corrected chi connectivity index (χ2v) is 4.94. The third-order valence-electron chi connectivity index (χ3n) is 2.44. The molecule has 2 atom stereocenters. The van der Waals surface area contributed by atoms with Gasteiger partial charge in [-0.25, -0.2) is 0 Å². The zero-order valence-electron chi connectivity index (χ0n) is 11.6. The van der Waals surface area contributed by atoms with Gasteiger partial charge < -0.3 is 16.0 Å². The molecule has 18 heavy (non-hydrogen) atoms. The van der Waals surface area contributed by atoms with Crippen LogP contribution in [0.2, 0.25) is 0 Å². The molecule has 3 N–H and O–H groups in total. The van der Waals surface area contributed by atoms with E-state index in [-0.39, 0.29) is 18.2 Å². The Labute approximate surface area is 109 Å². The standard InChI is InChI=1S/C13H23N3O2/c1-6-7-10(14)12(17)15-11(8-9(2)3)13(18)16(4)5/h1,9-11H,7-8,14H2,2-5H3,(H,15,17). The van der Waals surface area contributed by atoms with E-state index < -0.39 is 12.1 Å². The number of rotatable bonds is 6. The van der Waals surface area contributed by atoms with Crippen molar-refractivity contribution in [2.75, 3.05) is 14.1 Å². The number of carbonyl (C=O) groups is 2. The molecule has 2 unspecified atom stereocenters. The molecule has 0 spiro atoms. The molecule has 0 heterocycles. The van der Waals surface area contributed by atoms with E-state index in [2.05, 4.69) is 11.2 Å². The smallest absolute Gasteiger partial charge is 0.244 e. The van der Waals surface area contributed by atoms with Crippen LogP contribution in [0, 0.1) is 18.3 Å². The minimum atomic E-state index is -0.764. The molecule has 0 radical (unpaired) electrons. The molecule has 0 aliphatic heterocycles. The van der Waals surface area contributed by atoms with Crippen molar-refractivity contribution in [3.8, 4) is 12.3 Å². The average molecular weight is 253 g/mol. The van der Waals surface area contributed by atoms with Crippen LogP contribution in [0.25, 0.3) is 0 Å². The number of carbonyl (C=O) groups excluding carboxylic acids is 2. The van der Waals surface area contributed by atoms with Crippen LogP contribution in [0.15, 0.2) is 0 Å². The fourth-order valence-electron chi connectivity index (χ4n) is 1.50. The summed E-state index contributed by atoms with van der Waals surface area (Å²) in [7, 11) is 3.31. The summed E-state index contributed by atoms with van der Waals surface area (Å²) in [5, 5.41) is 2.66. The minimum Gasteiger partial charge on any atom is -0.347 e. The van der Waals surface area contributed by atoms with E-state index in [1.165, 1.54) is 4.90 Å². The topological polar surface area (TPSA) is 75.4 Å². The van der Waals surface area contributed by atoms with Crippen molar-refractivity contribution in [2.24, 2.45) is 11.7 Å². The third kappa shape index (κ3) is 5.69. The van der Waals surface area contributed by atoms with E-state index in [1.54, 1.807) is 14.1 Å². The van der Waals surface area contributed by atoms with Crippen molar-refractivity contribution in [1.29, 1.82) is 0 Å². The molecule has 102 valence electrons. The first-order valence-electron chi connectivity index (χ1n) is 6.00. The Bertz CT molecular complexity index is 332. The van der Waals surface area contributed by atoms with Crippen LogP contribution in [-0.2, 0) is 9.59 Å². The van der Waals surface area contributed by atoms with Crippen molar-refractivity contribution in [3.05, 3.63) is 0 Å². The molecule has 0 saturated carbocycles. The fraction of sp³-hybridized carbons (Fsp3) is 0.692. The number of nitrogens with zero attached hydrogens (tertiary/aromatic N) is 1. The van der Waals surface area contributed by atoms with Gasteiger partial charge >= 0.3 is 0 Å². The van der Waals surface area contributed by atoms with Crippen LogP contribution in [0.4, 0.5) is 0 Å². The average Bonchev–Trinajstić information content (AvgIpc) is 2.26. The van der Waals surface area contributed by atoms with Gasteiger partial charge in [0.15, 0.2) is 0 Å². The number of hydrogen-bond donors (Lipinski definition) is 2. The summed E-state index contributed by atoms with van der Waals surface area (Å²) in [6.07, 6.45) is 5.84. The molecular weight excluding hydrogens is 230 g/mol. The summed E-state index contributed by atoms with van der Waals surface area (Å²) in [5.74, 6) is 2.11. The highest BCUT2D eigenvalue weighted by Crippen LogP contribution is 2.07.